The summed E-state index contributed by atoms with van der Waals surface area (Å²) < 4.78 is 26.6. The summed E-state index contributed by atoms with van der Waals surface area (Å²) >= 11 is 5.89. The fourth-order valence-electron chi connectivity index (χ4n) is 3.97. The molecule has 2 heterocycles. The summed E-state index contributed by atoms with van der Waals surface area (Å²) in [6, 6.07) is 12.3. The molecule has 1 aliphatic heterocycles. The first-order valence-corrected chi connectivity index (χ1v) is 11.4. The van der Waals surface area contributed by atoms with Crippen LogP contribution in [0.4, 0.5) is 20.6 Å². The van der Waals surface area contributed by atoms with E-state index in [0.29, 0.717) is 10.7 Å². The van der Waals surface area contributed by atoms with Gasteiger partial charge >= 0.3 is 6.03 Å². The van der Waals surface area contributed by atoms with Gasteiger partial charge in [-0.2, -0.15) is 0 Å². The molecule has 4 rings (SSSR count). The van der Waals surface area contributed by atoms with Gasteiger partial charge in [0.2, 0.25) is 5.91 Å². The van der Waals surface area contributed by atoms with Crippen LogP contribution in [0.2, 0.25) is 5.02 Å². The zero-order valence-electron chi connectivity index (χ0n) is 19.5. The number of likely N-dealkylation sites (tertiary alicyclic amines) is 1. The number of rotatable bonds is 6. The average molecular weight is 515 g/mol. The molecule has 2 N–H and O–H groups in total. The summed E-state index contributed by atoms with van der Waals surface area (Å²) in [5, 5.41) is 5.80. The molecule has 2 aromatic carbocycles. The lowest BCUT2D eigenvalue weighted by Crippen LogP contribution is -2.45. The molecule has 0 spiro atoms. The van der Waals surface area contributed by atoms with Crippen molar-refractivity contribution in [3.63, 3.8) is 0 Å². The molecule has 3 amide bonds. The van der Waals surface area contributed by atoms with E-state index in [-0.39, 0.29) is 36.2 Å². The molecule has 0 radical (unpaired) electrons. The Morgan fingerprint density at radius 2 is 1.83 bits per heavy atom. The number of methoxy groups -OCH3 is 2. The topological polar surface area (TPSA) is 102 Å². The minimum Gasteiger partial charge on any atom is -0.491 e. The van der Waals surface area contributed by atoms with Crippen LogP contribution in [-0.4, -0.2) is 54.3 Å². The molecule has 1 aliphatic rings. The fraction of sp³-hybridized carbons (Fsp3) is 0.240. The lowest BCUT2D eigenvalue weighted by Gasteiger charge is -2.24. The third-order valence-corrected chi connectivity index (χ3v) is 6.13. The van der Waals surface area contributed by atoms with Gasteiger partial charge in [0.25, 0.3) is 5.56 Å². The molecule has 36 heavy (non-hydrogen) atoms. The number of pyridine rings is 1. The van der Waals surface area contributed by atoms with E-state index in [2.05, 4.69) is 10.6 Å². The van der Waals surface area contributed by atoms with Gasteiger partial charge < -0.3 is 25.0 Å². The van der Waals surface area contributed by atoms with Crippen molar-refractivity contribution in [3.8, 4) is 11.4 Å². The van der Waals surface area contributed by atoms with Gasteiger partial charge in [-0.3, -0.25) is 14.2 Å². The van der Waals surface area contributed by atoms with Crippen molar-refractivity contribution in [3.05, 3.63) is 82.0 Å². The maximum absolute atomic E-state index is 14.9. The Hall–Kier alpha value is -3.89. The number of aromatic nitrogens is 1. The molecular formula is C25H24ClFN4O5. The summed E-state index contributed by atoms with van der Waals surface area (Å²) in [6.45, 7) is 0.189. The van der Waals surface area contributed by atoms with E-state index in [9.17, 15) is 18.8 Å². The zero-order valence-corrected chi connectivity index (χ0v) is 20.3. The number of benzene rings is 2. The average Bonchev–Trinajstić information content (AvgIpc) is 3.32. The number of urea groups is 1. The molecule has 2 unspecified atom stereocenters. The number of anilines is 2. The van der Waals surface area contributed by atoms with Crippen LogP contribution in [0.3, 0.4) is 0 Å². The molecule has 3 aromatic rings. The van der Waals surface area contributed by atoms with Gasteiger partial charge in [0.15, 0.2) is 5.75 Å². The Balaban J connectivity index is 1.51. The summed E-state index contributed by atoms with van der Waals surface area (Å²) in [6.07, 6.45) is 1.37. The Morgan fingerprint density at radius 3 is 2.50 bits per heavy atom. The summed E-state index contributed by atoms with van der Waals surface area (Å²) in [4.78, 5) is 39.8. The van der Waals surface area contributed by atoms with Crippen LogP contribution in [0.5, 0.6) is 5.75 Å². The smallest absolute Gasteiger partial charge is 0.322 e. The zero-order chi connectivity index (χ0) is 25.8. The highest BCUT2D eigenvalue weighted by Crippen LogP contribution is 2.25. The number of halogens is 2. The molecule has 0 bridgehead atoms. The van der Waals surface area contributed by atoms with Crippen LogP contribution >= 0.6 is 11.6 Å². The lowest BCUT2D eigenvalue weighted by atomic mass is 10.1. The minimum atomic E-state index is -0.887. The van der Waals surface area contributed by atoms with Crippen molar-refractivity contribution >= 4 is 34.9 Å². The Bertz CT molecular complexity index is 1330. The van der Waals surface area contributed by atoms with E-state index in [1.165, 1.54) is 48.1 Å². The van der Waals surface area contributed by atoms with Crippen LogP contribution in [0, 0.1) is 5.82 Å². The number of amides is 3. The van der Waals surface area contributed by atoms with Gasteiger partial charge in [-0.05, 0) is 48.5 Å². The minimum absolute atomic E-state index is 0.0846. The van der Waals surface area contributed by atoms with Crippen molar-refractivity contribution in [2.24, 2.45) is 0 Å². The van der Waals surface area contributed by atoms with E-state index >= 15 is 0 Å². The van der Waals surface area contributed by atoms with E-state index in [0.717, 1.165) is 6.07 Å². The van der Waals surface area contributed by atoms with E-state index in [4.69, 9.17) is 21.1 Å². The molecule has 9 nitrogen and oxygen atoms in total. The van der Waals surface area contributed by atoms with Crippen molar-refractivity contribution in [2.75, 3.05) is 31.4 Å². The first kappa shape index (κ1) is 25.2. The molecule has 1 saturated heterocycles. The van der Waals surface area contributed by atoms with Gasteiger partial charge in [-0.1, -0.05) is 11.6 Å². The van der Waals surface area contributed by atoms with Gasteiger partial charge in [-0.15, -0.1) is 0 Å². The molecule has 1 fully saturated rings. The second-order valence-corrected chi connectivity index (χ2v) is 8.54. The largest absolute Gasteiger partial charge is 0.491 e. The molecule has 2 atom stereocenters. The number of hydrogen-bond donors (Lipinski definition) is 2. The number of hydrogen-bond acceptors (Lipinski definition) is 5. The van der Waals surface area contributed by atoms with Crippen LogP contribution in [0.25, 0.3) is 5.69 Å². The van der Waals surface area contributed by atoms with Crippen molar-refractivity contribution in [1.82, 2.24) is 9.47 Å². The first-order valence-electron chi connectivity index (χ1n) is 11.0. The van der Waals surface area contributed by atoms with Crippen LogP contribution in [0.15, 0.2) is 65.6 Å². The van der Waals surface area contributed by atoms with Crippen LogP contribution < -0.4 is 20.9 Å². The fourth-order valence-corrected chi connectivity index (χ4v) is 4.10. The molecule has 188 valence electrons. The van der Waals surface area contributed by atoms with Crippen LogP contribution in [0.1, 0.15) is 6.42 Å². The number of carbonyl (C=O) groups is 2. The second-order valence-electron chi connectivity index (χ2n) is 8.10. The Labute approximate surface area is 211 Å². The number of nitrogens with zero attached hydrogens (tertiary/aromatic N) is 2. The van der Waals surface area contributed by atoms with Gasteiger partial charge in [0, 0.05) is 43.0 Å². The summed E-state index contributed by atoms with van der Waals surface area (Å²) in [5.74, 6) is -1.19. The summed E-state index contributed by atoms with van der Waals surface area (Å²) in [7, 11) is 2.87. The number of carbonyl (C=O) groups excluding carboxylic acids is 2. The lowest BCUT2D eigenvalue weighted by molar-refractivity contribution is -0.119. The standard InChI is InChI=1S/C25H24ClFN4O5/c1-35-18-13-21(31(14-18)25(34)28-16-7-5-15(26)6-8-16)23(32)29-20-10-9-17(12-19(20)27)30-11-3-4-22(36-2)24(30)33/h3-12,18,21H,13-14H2,1-2H3,(H,28,34)(H,29,32). The highest BCUT2D eigenvalue weighted by Gasteiger charge is 2.40. The van der Waals surface area contributed by atoms with E-state index < -0.39 is 29.4 Å². The predicted octanol–water partition coefficient (Wildman–Crippen LogP) is 3.90. The third kappa shape index (κ3) is 5.34. The maximum atomic E-state index is 14.9. The third-order valence-electron chi connectivity index (χ3n) is 5.88. The Kier molecular flexibility index (Phi) is 7.56. The second kappa shape index (κ2) is 10.8. The van der Waals surface area contributed by atoms with E-state index in [1.54, 1.807) is 30.3 Å². The molecule has 0 aliphatic carbocycles. The Morgan fingerprint density at radius 1 is 1.08 bits per heavy atom. The molecule has 1 aromatic heterocycles. The highest BCUT2D eigenvalue weighted by molar-refractivity contribution is 6.30. The van der Waals surface area contributed by atoms with Gasteiger partial charge in [-0.25, -0.2) is 9.18 Å². The molecular weight excluding hydrogens is 491 g/mol. The summed E-state index contributed by atoms with van der Waals surface area (Å²) in [5.41, 5.74) is 0.242. The number of nitrogens with one attached hydrogen (secondary N) is 2. The number of ether oxygens (including phenoxy) is 2. The molecule has 11 heteroatoms. The van der Waals surface area contributed by atoms with E-state index in [1.807, 2.05) is 0 Å². The predicted molar refractivity (Wildman–Crippen MR) is 134 cm³/mol. The van der Waals surface area contributed by atoms with Gasteiger partial charge in [0.1, 0.15) is 11.9 Å². The normalized spacial score (nSPS) is 17.1. The first-order chi connectivity index (χ1) is 17.3. The van der Waals surface area contributed by atoms with Gasteiger partial charge in [0.05, 0.1) is 24.6 Å². The van der Waals surface area contributed by atoms with Crippen LogP contribution in [-0.2, 0) is 9.53 Å². The highest BCUT2D eigenvalue weighted by atomic mass is 35.5. The SMILES string of the molecule is COc1cccn(-c2ccc(NC(=O)C3CC(OC)CN3C(=O)Nc3ccc(Cl)cc3)c(F)c2)c1=O. The van der Waals surface area contributed by atoms with Crippen molar-refractivity contribution in [2.45, 2.75) is 18.6 Å². The monoisotopic (exact) mass is 514 g/mol. The molecule has 0 saturated carbocycles. The quantitative estimate of drug-likeness (QED) is 0.519. The van der Waals surface area contributed by atoms with Crippen molar-refractivity contribution in [1.29, 1.82) is 0 Å². The maximum Gasteiger partial charge on any atom is 0.322 e. The van der Waals surface area contributed by atoms with Crippen molar-refractivity contribution < 1.29 is 23.5 Å².